The van der Waals surface area contributed by atoms with E-state index in [2.05, 4.69) is 38.4 Å². The van der Waals surface area contributed by atoms with Crippen molar-refractivity contribution in [2.45, 2.75) is 149 Å². The third kappa shape index (κ3) is 18.0. The van der Waals surface area contributed by atoms with Gasteiger partial charge in [0.2, 0.25) is 0 Å². The fourth-order valence-electron chi connectivity index (χ4n) is 11.0. The smallest absolute Gasteiger partial charge is 0.198 e. The monoisotopic (exact) mass is 1230 g/mol. The Balaban J connectivity index is 0.000000285. The van der Waals surface area contributed by atoms with Crippen molar-refractivity contribution in [3.8, 4) is 0 Å². The van der Waals surface area contributed by atoms with Crippen LogP contribution in [0.4, 0.5) is 0 Å². The first-order chi connectivity index (χ1) is 38.9. The van der Waals surface area contributed by atoms with Gasteiger partial charge in [-0.05, 0) is 12.8 Å². The number of hydrogen-bond acceptors (Lipinski definition) is 35. The van der Waals surface area contributed by atoms with E-state index < -0.39 is 135 Å². The molecular formula is C45H80O32S3. The average Bonchev–Trinajstić information content (AvgIpc) is 3.96. The van der Waals surface area contributed by atoms with Gasteiger partial charge in [-0.15, -0.1) is 13.0 Å². The van der Waals surface area contributed by atoms with Crippen molar-refractivity contribution in [3.05, 3.63) is 0 Å². The molecule has 470 valence electrons. The zero-order chi connectivity index (χ0) is 57.7. The summed E-state index contributed by atoms with van der Waals surface area (Å²) in [4.78, 5) is 13.0. The van der Waals surface area contributed by atoms with Crippen LogP contribution in [0.5, 0.6) is 0 Å². The highest BCUT2D eigenvalue weighted by molar-refractivity contribution is 7.90. The van der Waals surface area contributed by atoms with Crippen molar-refractivity contribution >= 4 is 37.0 Å². The first kappa shape index (κ1) is 68.9. The summed E-state index contributed by atoms with van der Waals surface area (Å²) in [7, 11) is 6.66. The Bertz CT molecular complexity index is 1670. The van der Waals surface area contributed by atoms with Gasteiger partial charge in [-0.2, -0.15) is 0 Å². The number of aliphatic hydroxyl groups excluding tert-OH is 8. The Labute approximate surface area is 475 Å². The number of methoxy groups -OCH3 is 2. The van der Waals surface area contributed by atoms with Crippen LogP contribution in [-0.2, 0) is 112 Å². The molecule has 0 amide bonds. The first-order valence-corrected chi connectivity index (χ1v) is 28.0. The van der Waals surface area contributed by atoms with E-state index in [0.717, 1.165) is 0 Å². The summed E-state index contributed by atoms with van der Waals surface area (Å²) < 4.78 is 99.4. The van der Waals surface area contributed by atoms with Crippen molar-refractivity contribution < 1.29 is 153 Å². The van der Waals surface area contributed by atoms with Crippen molar-refractivity contribution in [2.75, 3.05) is 108 Å². The maximum atomic E-state index is 11.5. The molecule has 0 saturated carbocycles. The molecule has 80 heavy (non-hydrogen) atoms. The first-order valence-electron chi connectivity index (χ1n) is 26.0. The number of hydrogen-bond donors (Lipinski definition) is 8. The highest BCUT2D eigenvalue weighted by Gasteiger charge is 2.54. The van der Waals surface area contributed by atoms with E-state index in [0.29, 0.717) is 56.4 Å². The summed E-state index contributed by atoms with van der Waals surface area (Å²) in [5.74, 6) is -2.08. The molecule has 0 radical (unpaired) electrons. The molecule has 32 nitrogen and oxygen atoms in total. The fourth-order valence-corrected chi connectivity index (χ4v) is 12.4. The Kier molecular flexibility index (Phi) is 31.1. The summed E-state index contributed by atoms with van der Waals surface area (Å²) >= 11 is 1.40. The van der Waals surface area contributed by atoms with Gasteiger partial charge in [-0.25, -0.2) is 14.7 Å². The highest BCUT2D eigenvalue weighted by Crippen LogP contribution is 2.40. The van der Waals surface area contributed by atoms with Crippen LogP contribution in [0.15, 0.2) is 0 Å². The Hall–Kier alpha value is -0.230. The van der Waals surface area contributed by atoms with Gasteiger partial charge in [-0.1, -0.05) is 29.0 Å². The van der Waals surface area contributed by atoms with E-state index in [1.807, 2.05) is 13.8 Å². The highest BCUT2D eigenvalue weighted by atomic mass is 32.2. The summed E-state index contributed by atoms with van der Waals surface area (Å²) in [6.07, 6.45) is -14.5. The van der Waals surface area contributed by atoms with Crippen molar-refractivity contribution in [2.24, 2.45) is 29.6 Å². The quantitative estimate of drug-likeness (QED) is 0.0148. The minimum absolute atomic E-state index is 0.0869. The SMILES string of the molecule is CC[C@H]1C(O)[C@@H](COC[C@H]2C(O)[C@H](COC[C@H]3C4CO[C@H]3C(O)[C@@H](OC)O4)OC(CO)[C@@H]2OSOOOC)OC(CO)[C@@H]1OSOOOC.CC[C@H]1C(O)[C@H](COC[C@H]2C3CO[C@H]2C(O)[C@@H](OC)O3)OC(CO)[C@@H]1OSOOOC. The molecule has 0 aromatic heterocycles. The van der Waals surface area contributed by atoms with E-state index >= 15 is 0 Å². The van der Waals surface area contributed by atoms with E-state index in [9.17, 15) is 40.9 Å². The Morgan fingerprint density at radius 1 is 0.400 bits per heavy atom. The fraction of sp³-hybridized carbons (Fsp3) is 1.00. The van der Waals surface area contributed by atoms with E-state index in [-0.39, 0.29) is 82.8 Å². The Morgan fingerprint density at radius 2 is 0.725 bits per heavy atom. The number of rotatable bonds is 34. The maximum Gasteiger partial charge on any atom is 0.198 e. The van der Waals surface area contributed by atoms with Crippen LogP contribution in [0.25, 0.3) is 0 Å². The summed E-state index contributed by atoms with van der Waals surface area (Å²) in [6.45, 7) is 3.29. The van der Waals surface area contributed by atoms with Crippen LogP contribution in [0.1, 0.15) is 26.7 Å². The van der Waals surface area contributed by atoms with E-state index in [4.69, 9.17) is 73.7 Å². The molecule has 7 heterocycles. The number of aliphatic hydroxyl groups is 8. The molecule has 7 aliphatic heterocycles. The van der Waals surface area contributed by atoms with Gasteiger partial charge in [0.1, 0.15) is 67.1 Å². The maximum absolute atomic E-state index is 11.5. The van der Waals surface area contributed by atoms with Crippen LogP contribution in [0.2, 0.25) is 0 Å². The van der Waals surface area contributed by atoms with Gasteiger partial charge in [0.15, 0.2) is 49.6 Å². The minimum Gasteiger partial charge on any atom is -0.394 e. The van der Waals surface area contributed by atoms with E-state index in [1.54, 1.807) is 0 Å². The third-order valence-electron chi connectivity index (χ3n) is 15.0. The van der Waals surface area contributed by atoms with Gasteiger partial charge < -0.3 is 97.7 Å². The molecule has 25 atom stereocenters. The van der Waals surface area contributed by atoms with Gasteiger partial charge >= 0.3 is 0 Å². The average molecular weight is 1230 g/mol. The molecule has 8 N–H and O–H groups in total. The second kappa shape index (κ2) is 36.2. The number of fused-ring (bicyclic) bond motifs is 4. The van der Waals surface area contributed by atoms with Crippen LogP contribution in [0, 0.1) is 29.6 Å². The molecule has 35 heteroatoms. The van der Waals surface area contributed by atoms with Gasteiger partial charge in [0.25, 0.3) is 0 Å². The van der Waals surface area contributed by atoms with Crippen LogP contribution in [-0.4, -0.2) is 272 Å². The zero-order valence-electron chi connectivity index (χ0n) is 45.2. The topological polar surface area (TPSA) is 383 Å². The zero-order valence-corrected chi connectivity index (χ0v) is 47.7. The lowest BCUT2D eigenvalue weighted by Crippen LogP contribution is -2.59. The van der Waals surface area contributed by atoms with Crippen LogP contribution in [0.3, 0.4) is 0 Å². The lowest BCUT2D eigenvalue weighted by Gasteiger charge is -2.45. The van der Waals surface area contributed by atoms with E-state index in [1.165, 1.54) is 35.5 Å². The van der Waals surface area contributed by atoms with Gasteiger partial charge in [0.05, 0.1) is 137 Å². The molecule has 0 aromatic carbocycles. The van der Waals surface area contributed by atoms with Gasteiger partial charge in [0, 0.05) is 43.8 Å². The second-order valence-electron chi connectivity index (χ2n) is 19.3. The largest absolute Gasteiger partial charge is 0.394 e. The minimum atomic E-state index is -1.23. The van der Waals surface area contributed by atoms with Crippen molar-refractivity contribution in [3.63, 3.8) is 0 Å². The molecule has 7 saturated heterocycles. The van der Waals surface area contributed by atoms with Crippen molar-refractivity contribution in [1.82, 2.24) is 0 Å². The molecule has 0 aromatic rings. The third-order valence-corrected chi connectivity index (χ3v) is 16.2. The summed E-state index contributed by atoms with van der Waals surface area (Å²) in [5.41, 5.74) is 0. The predicted octanol–water partition coefficient (Wildman–Crippen LogP) is -2.08. The van der Waals surface area contributed by atoms with Crippen LogP contribution < -0.4 is 0 Å². The summed E-state index contributed by atoms with van der Waals surface area (Å²) in [6, 6.07) is 0. The lowest BCUT2D eigenvalue weighted by atomic mass is 9.84. The van der Waals surface area contributed by atoms with Crippen molar-refractivity contribution in [1.29, 1.82) is 0 Å². The molecule has 0 aliphatic carbocycles. The second-order valence-corrected chi connectivity index (χ2v) is 20.7. The number of ether oxygens (including phenoxy) is 12. The lowest BCUT2D eigenvalue weighted by molar-refractivity contribution is -0.450. The standard InChI is InChI=1S/C27H48O20S2.C18H32O12S/c1-5-13-21(30)19(39-16(6-28)24(13)42-48-46-44-34-3)10-37-9-15-22(31)20(40-17(7-29)25(15)43-49-47-45-35-4)11-36-8-14-18-12-38-26(14)23(32)27(33-2)41-18;1-4-9-14(20)13(26-11(5-19)16(9)28-31-30-29-23-3)7-24-6-10-12-8-25-17(10)15(21)18(22-2)27-12/h13-32H,5-12H2,1-4H3;9-21H,4-8H2,1-3H3/t13-,14-,15-,16?,17?,18?,19+,20-,21?,22?,23?,24+,25+,26+,27-;9-,10-,11?,12?,13-,14?,15?,16+,17+,18-/m00/s1. The molecule has 4 bridgehead atoms. The normalized spacial score (nSPS) is 41.7. The predicted molar refractivity (Wildman–Crippen MR) is 264 cm³/mol. The Morgan fingerprint density at radius 3 is 1.04 bits per heavy atom. The van der Waals surface area contributed by atoms with Crippen LogP contribution >= 0.6 is 37.0 Å². The summed E-state index contributed by atoms with van der Waals surface area (Å²) in [5, 5.41) is 97.2. The molecule has 7 aliphatic rings. The molecule has 0 spiro atoms. The molecule has 7 fully saturated rings. The molecular weight excluding hydrogens is 1150 g/mol. The molecule has 10 unspecified atom stereocenters. The molecule has 7 rings (SSSR count). The van der Waals surface area contributed by atoms with Gasteiger partial charge in [-0.3, -0.25) is 12.5 Å².